The lowest BCUT2D eigenvalue weighted by atomic mass is 9.43. The van der Waals surface area contributed by atoms with Crippen molar-refractivity contribution in [1.29, 1.82) is 0 Å². The molecular weight excluding hydrogens is 490 g/mol. The van der Waals surface area contributed by atoms with Crippen LogP contribution in [0.1, 0.15) is 71.6 Å². The van der Waals surface area contributed by atoms with Gasteiger partial charge in [-0.25, -0.2) is 4.79 Å². The minimum atomic E-state index is -1.27. The van der Waals surface area contributed by atoms with Crippen LogP contribution >= 0.6 is 0 Å². The highest BCUT2D eigenvalue weighted by Gasteiger charge is 2.68. The van der Waals surface area contributed by atoms with Crippen LogP contribution in [0.5, 0.6) is 0 Å². The van der Waals surface area contributed by atoms with Gasteiger partial charge in [-0.15, -0.1) is 0 Å². The third-order valence-electron chi connectivity index (χ3n) is 12.3. The minimum absolute atomic E-state index is 0.0383. The summed E-state index contributed by atoms with van der Waals surface area (Å²) in [5.41, 5.74) is 0.215. The fourth-order valence-electron chi connectivity index (χ4n) is 10.1. The molecule has 4 aliphatic carbocycles. The van der Waals surface area contributed by atoms with Crippen LogP contribution in [0.4, 0.5) is 0 Å². The molecule has 12 atom stereocenters. The summed E-state index contributed by atoms with van der Waals surface area (Å²) in [6.45, 7) is 5.01. The Kier molecular flexibility index (Phi) is 6.78. The van der Waals surface area contributed by atoms with Crippen LogP contribution in [0.15, 0.2) is 11.6 Å². The van der Waals surface area contributed by atoms with Crippen LogP contribution in [0, 0.1) is 34.5 Å². The summed E-state index contributed by atoms with van der Waals surface area (Å²) in [6.07, 6.45) is 5.76. The average Bonchev–Trinajstić information content (AvgIpc) is 3.44. The molecule has 0 aromatic carbocycles. The third kappa shape index (κ3) is 3.80. The molecule has 38 heavy (non-hydrogen) atoms. The number of carbonyl (C=O) groups excluding carboxylic acids is 1. The van der Waals surface area contributed by atoms with E-state index in [0.29, 0.717) is 18.4 Å². The predicted molar refractivity (Wildman–Crippen MR) is 136 cm³/mol. The first-order chi connectivity index (χ1) is 18.0. The zero-order valence-electron chi connectivity index (χ0n) is 22.9. The van der Waals surface area contributed by atoms with Gasteiger partial charge in [0.15, 0.2) is 6.23 Å². The number of rotatable bonds is 4. The van der Waals surface area contributed by atoms with E-state index in [9.17, 15) is 25.2 Å². The Bertz CT molecular complexity index is 974. The lowest BCUT2D eigenvalue weighted by Crippen LogP contribution is -2.64. The van der Waals surface area contributed by atoms with Gasteiger partial charge in [-0.1, -0.05) is 13.8 Å². The Labute approximate surface area is 225 Å². The fourth-order valence-corrected chi connectivity index (χ4v) is 10.1. The SMILES string of the molecule is CON(C1OC[C@H](O)[C@@H](O)[C@@H]1O)[C@@H]1CC[C@@]2(C)C(CCC3C2CC[C@]2(C)[C@@H](C4=CC(=O)OC4)CC[C@]32O)C1. The number of hydrogen-bond acceptors (Lipinski definition) is 9. The monoisotopic (exact) mass is 535 g/mol. The van der Waals surface area contributed by atoms with Gasteiger partial charge in [-0.3, -0.25) is 4.84 Å². The number of carbonyl (C=O) groups is 1. The molecule has 0 spiro atoms. The van der Waals surface area contributed by atoms with Crippen molar-refractivity contribution < 1.29 is 39.5 Å². The molecule has 6 aliphatic rings. The van der Waals surface area contributed by atoms with Crippen molar-refractivity contribution in [3.63, 3.8) is 0 Å². The Balaban J connectivity index is 1.19. The summed E-state index contributed by atoms with van der Waals surface area (Å²) in [7, 11) is 1.57. The second-order valence-electron chi connectivity index (χ2n) is 13.5. The number of nitrogens with zero attached hydrogens (tertiary/aromatic N) is 1. The van der Waals surface area contributed by atoms with Crippen molar-refractivity contribution in [3.05, 3.63) is 11.6 Å². The van der Waals surface area contributed by atoms with E-state index in [1.807, 2.05) is 0 Å². The third-order valence-corrected chi connectivity index (χ3v) is 12.3. The molecule has 0 radical (unpaired) electrons. The quantitative estimate of drug-likeness (QED) is 0.315. The van der Waals surface area contributed by atoms with Gasteiger partial charge < -0.3 is 29.9 Å². The molecule has 6 rings (SSSR count). The van der Waals surface area contributed by atoms with Gasteiger partial charge >= 0.3 is 5.97 Å². The van der Waals surface area contributed by atoms with Crippen LogP contribution in [-0.2, 0) is 19.1 Å². The summed E-state index contributed by atoms with van der Waals surface area (Å²) in [5.74, 6) is 1.11. The van der Waals surface area contributed by atoms with E-state index in [1.54, 1.807) is 18.2 Å². The first kappa shape index (κ1) is 27.1. The molecule has 2 aliphatic heterocycles. The summed E-state index contributed by atoms with van der Waals surface area (Å²) in [5, 5.41) is 44.9. The molecule has 214 valence electrons. The van der Waals surface area contributed by atoms with Crippen LogP contribution in [0.25, 0.3) is 0 Å². The average molecular weight is 536 g/mol. The van der Waals surface area contributed by atoms with E-state index in [1.165, 1.54) is 0 Å². The molecule has 9 nitrogen and oxygen atoms in total. The fraction of sp³-hybridized carbons (Fsp3) is 0.897. The van der Waals surface area contributed by atoms with Gasteiger partial charge in [-0.05, 0) is 92.4 Å². The van der Waals surface area contributed by atoms with Crippen molar-refractivity contribution in [3.8, 4) is 0 Å². The summed E-state index contributed by atoms with van der Waals surface area (Å²) in [4.78, 5) is 17.5. The molecule has 0 amide bonds. The molecule has 2 heterocycles. The number of fused-ring (bicyclic) bond motifs is 5. The second-order valence-corrected chi connectivity index (χ2v) is 13.5. The number of esters is 1. The van der Waals surface area contributed by atoms with E-state index in [4.69, 9.17) is 14.3 Å². The van der Waals surface area contributed by atoms with Gasteiger partial charge in [-0.2, -0.15) is 5.06 Å². The molecular formula is C29H45NO8. The highest BCUT2D eigenvalue weighted by atomic mass is 16.7. The van der Waals surface area contributed by atoms with Crippen LogP contribution in [-0.4, -0.2) is 88.0 Å². The number of hydrogen-bond donors (Lipinski definition) is 4. The van der Waals surface area contributed by atoms with E-state index in [-0.39, 0.29) is 41.3 Å². The van der Waals surface area contributed by atoms with Crippen molar-refractivity contribution in [2.75, 3.05) is 20.3 Å². The maximum absolute atomic E-state index is 12.4. The topological polar surface area (TPSA) is 129 Å². The van der Waals surface area contributed by atoms with Crippen LogP contribution < -0.4 is 0 Å². The predicted octanol–water partition coefficient (Wildman–Crippen LogP) is 1.91. The first-order valence-electron chi connectivity index (χ1n) is 14.6. The Hall–Kier alpha value is -1.07. The molecule has 5 fully saturated rings. The Morgan fingerprint density at radius 2 is 1.79 bits per heavy atom. The maximum Gasteiger partial charge on any atom is 0.331 e. The van der Waals surface area contributed by atoms with E-state index >= 15 is 0 Å². The Morgan fingerprint density at radius 3 is 2.50 bits per heavy atom. The van der Waals surface area contributed by atoms with E-state index in [2.05, 4.69) is 13.8 Å². The van der Waals surface area contributed by atoms with Crippen molar-refractivity contribution >= 4 is 5.97 Å². The highest BCUT2D eigenvalue weighted by Crippen LogP contribution is 2.70. The largest absolute Gasteiger partial charge is 0.458 e. The van der Waals surface area contributed by atoms with Crippen LogP contribution in [0.3, 0.4) is 0 Å². The normalized spacial score (nSPS) is 52.7. The van der Waals surface area contributed by atoms with Gasteiger partial charge in [0, 0.05) is 17.5 Å². The van der Waals surface area contributed by atoms with Gasteiger partial charge in [0.05, 0.1) is 19.3 Å². The molecule has 4 saturated carbocycles. The van der Waals surface area contributed by atoms with Crippen LogP contribution in [0.2, 0.25) is 0 Å². The zero-order chi connectivity index (χ0) is 27.0. The first-order valence-corrected chi connectivity index (χ1v) is 14.6. The number of hydroxylamine groups is 2. The molecule has 9 heteroatoms. The second kappa shape index (κ2) is 9.50. The Morgan fingerprint density at radius 1 is 1.00 bits per heavy atom. The molecule has 4 N–H and O–H groups in total. The number of cyclic esters (lactones) is 1. The minimum Gasteiger partial charge on any atom is -0.458 e. The molecule has 0 aromatic rings. The highest BCUT2D eigenvalue weighted by molar-refractivity contribution is 5.85. The number of aliphatic hydroxyl groups is 4. The van der Waals surface area contributed by atoms with Gasteiger partial charge in [0.25, 0.3) is 0 Å². The van der Waals surface area contributed by atoms with Gasteiger partial charge in [0.1, 0.15) is 24.9 Å². The molecule has 1 saturated heterocycles. The number of ether oxygens (including phenoxy) is 2. The maximum atomic E-state index is 12.4. The van der Waals surface area contributed by atoms with Gasteiger partial charge in [0.2, 0.25) is 0 Å². The molecule has 0 aromatic heterocycles. The number of aliphatic hydroxyl groups excluding tert-OH is 3. The van der Waals surface area contributed by atoms with Crippen molar-refractivity contribution in [2.24, 2.45) is 34.5 Å². The summed E-state index contributed by atoms with van der Waals surface area (Å²) < 4.78 is 11.0. The van der Waals surface area contributed by atoms with E-state index < -0.39 is 30.1 Å². The van der Waals surface area contributed by atoms with E-state index in [0.717, 1.165) is 63.4 Å². The lowest BCUT2D eigenvalue weighted by molar-refractivity contribution is -0.326. The molecule has 0 bridgehead atoms. The molecule has 4 unspecified atom stereocenters. The van der Waals surface area contributed by atoms with Crippen molar-refractivity contribution in [1.82, 2.24) is 5.06 Å². The standard InChI is InChI=1S/C29H45NO8/c1-27-9-6-18(30(36-3)26-25(34)24(33)22(31)15-38-26)13-17(27)4-5-21-20(27)7-10-28(2)19(8-11-29(21,28)35)16-12-23(32)37-14-16/h12,17-22,24-26,31,33-35H,4-11,13-15H2,1-3H3/t17?,18-,19-,20?,21?,22+,24-,25+,26?,27+,28-,29+/m1/s1. The summed E-state index contributed by atoms with van der Waals surface area (Å²) >= 11 is 0. The van der Waals surface area contributed by atoms with Crippen molar-refractivity contribution in [2.45, 2.75) is 108 Å². The lowest BCUT2D eigenvalue weighted by Gasteiger charge is -2.64. The summed E-state index contributed by atoms with van der Waals surface area (Å²) in [6, 6.07) is 0.0383. The zero-order valence-corrected chi connectivity index (χ0v) is 22.9. The smallest absolute Gasteiger partial charge is 0.331 e.